The van der Waals surface area contributed by atoms with E-state index in [1.54, 1.807) is 21.8 Å². The lowest BCUT2D eigenvalue weighted by Gasteiger charge is -2.35. The number of hydrogen-bond acceptors (Lipinski definition) is 5. The van der Waals surface area contributed by atoms with E-state index in [2.05, 4.69) is 15.3 Å². The largest absolute Gasteiger partial charge is 0.444 e. The van der Waals surface area contributed by atoms with Gasteiger partial charge in [-0.15, -0.1) is 0 Å². The molecule has 2 amide bonds. The highest BCUT2D eigenvalue weighted by atomic mass is 35.5. The molecular formula is C22H30ClN5O3. The fourth-order valence-corrected chi connectivity index (χ4v) is 3.52. The van der Waals surface area contributed by atoms with E-state index < -0.39 is 5.60 Å². The van der Waals surface area contributed by atoms with Crippen LogP contribution in [0.1, 0.15) is 37.6 Å². The number of para-hydroxylation sites is 1. The Balaban J connectivity index is 1.37. The van der Waals surface area contributed by atoms with Crippen molar-refractivity contribution in [2.24, 2.45) is 0 Å². The molecule has 3 rings (SSSR count). The van der Waals surface area contributed by atoms with Gasteiger partial charge in [-0.3, -0.25) is 9.69 Å². The molecule has 1 fully saturated rings. The zero-order chi connectivity index (χ0) is 22.4. The van der Waals surface area contributed by atoms with Crippen LogP contribution in [0.15, 0.2) is 36.7 Å². The number of nitrogens with one attached hydrogen (secondary N) is 1. The van der Waals surface area contributed by atoms with Gasteiger partial charge in [0.05, 0.1) is 22.5 Å². The van der Waals surface area contributed by atoms with Crippen molar-refractivity contribution in [3.05, 3.63) is 47.2 Å². The summed E-state index contributed by atoms with van der Waals surface area (Å²) in [4.78, 5) is 28.6. The predicted molar refractivity (Wildman–Crippen MR) is 120 cm³/mol. The van der Waals surface area contributed by atoms with Crippen molar-refractivity contribution >= 4 is 23.6 Å². The molecule has 31 heavy (non-hydrogen) atoms. The third-order valence-electron chi connectivity index (χ3n) is 4.90. The first-order valence-electron chi connectivity index (χ1n) is 10.5. The molecule has 0 unspecified atom stereocenters. The van der Waals surface area contributed by atoms with Crippen LogP contribution in [0, 0.1) is 0 Å². The first kappa shape index (κ1) is 23.1. The highest BCUT2D eigenvalue weighted by molar-refractivity contribution is 6.32. The van der Waals surface area contributed by atoms with Crippen LogP contribution in [-0.2, 0) is 4.74 Å². The summed E-state index contributed by atoms with van der Waals surface area (Å²) in [6.45, 7) is 9.97. The summed E-state index contributed by atoms with van der Waals surface area (Å²) >= 11 is 6.18. The van der Waals surface area contributed by atoms with E-state index in [1.165, 1.54) is 6.20 Å². The lowest BCUT2D eigenvalue weighted by molar-refractivity contribution is 0.0144. The van der Waals surface area contributed by atoms with Crippen molar-refractivity contribution in [2.45, 2.75) is 32.8 Å². The zero-order valence-corrected chi connectivity index (χ0v) is 19.1. The fraction of sp³-hybridized carbons (Fsp3) is 0.500. The lowest BCUT2D eigenvalue weighted by atomic mass is 10.2. The van der Waals surface area contributed by atoms with Gasteiger partial charge >= 0.3 is 6.09 Å². The van der Waals surface area contributed by atoms with Gasteiger partial charge in [-0.1, -0.05) is 23.7 Å². The number of aromatic nitrogens is 2. The Bertz CT molecular complexity index is 901. The molecule has 1 aromatic carbocycles. The number of rotatable bonds is 6. The molecule has 0 aliphatic carbocycles. The van der Waals surface area contributed by atoms with Crippen LogP contribution < -0.4 is 5.32 Å². The SMILES string of the molecule is CC(C)(C)OC(=O)N1CCN(CCCNC(=O)c2cnn(-c3ccccc3Cl)c2)CC1. The first-order chi connectivity index (χ1) is 14.7. The molecule has 1 saturated heterocycles. The molecule has 1 aliphatic rings. The van der Waals surface area contributed by atoms with E-state index >= 15 is 0 Å². The topological polar surface area (TPSA) is 79.7 Å². The smallest absolute Gasteiger partial charge is 0.410 e. The van der Waals surface area contributed by atoms with E-state index in [0.717, 1.165) is 31.7 Å². The Morgan fingerprint density at radius 1 is 1.16 bits per heavy atom. The van der Waals surface area contributed by atoms with Crippen LogP contribution in [0.2, 0.25) is 5.02 Å². The van der Waals surface area contributed by atoms with Crippen molar-refractivity contribution < 1.29 is 14.3 Å². The molecule has 0 atom stereocenters. The molecule has 1 aliphatic heterocycles. The Kier molecular flexibility index (Phi) is 7.56. The van der Waals surface area contributed by atoms with E-state index in [9.17, 15) is 9.59 Å². The van der Waals surface area contributed by atoms with Crippen molar-refractivity contribution in [3.8, 4) is 5.69 Å². The van der Waals surface area contributed by atoms with E-state index in [-0.39, 0.29) is 12.0 Å². The Hall–Kier alpha value is -2.58. The molecule has 9 heteroatoms. The van der Waals surface area contributed by atoms with Crippen LogP contribution in [0.4, 0.5) is 4.79 Å². The highest BCUT2D eigenvalue weighted by Crippen LogP contribution is 2.19. The average molecular weight is 448 g/mol. The normalized spacial score (nSPS) is 15.0. The number of carbonyl (C=O) groups is 2. The number of hydrogen-bond donors (Lipinski definition) is 1. The summed E-state index contributed by atoms with van der Waals surface area (Å²) in [6, 6.07) is 7.35. The van der Waals surface area contributed by atoms with Crippen molar-refractivity contribution in [1.82, 2.24) is 24.9 Å². The summed E-state index contributed by atoms with van der Waals surface area (Å²) in [5, 5.41) is 7.74. The van der Waals surface area contributed by atoms with Crippen molar-refractivity contribution in [3.63, 3.8) is 0 Å². The van der Waals surface area contributed by atoms with Gasteiger partial charge in [0, 0.05) is 38.9 Å². The van der Waals surface area contributed by atoms with Gasteiger partial charge in [0.2, 0.25) is 0 Å². The van der Waals surface area contributed by atoms with Gasteiger partial charge in [0.1, 0.15) is 5.60 Å². The molecule has 0 bridgehead atoms. The maximum Gasteiger partial charge on any atom is 0.410 e. The standard InChI is InChI=1S/C22H30ClN5O3/c1-22(2,3)31-21(30)27-13-11-26(12-14-27)10-6-9-24-20(29)17-15-25-28(16-17)19-8-5-4-7-18(19)23/h4-5,7-8,15-16H,6,9-14H2,1-3H3,(H,24,29). The van der Waals surface area contributed by atoms with E-state index in [4.69, 9.17) is 16.3 Å². The summed E-state index contributed by atoms with van der Waals surface area (Å²) in [6.07, 6.45) is 3.79. The number of amides is 2. The second-order valence-corrected chi connectivity index (χ2v) is 8.95. The number of carbonyl (C=O) groups excluding carboxylic acids is 2. The van der Waals surface area contributed by atoms with Crippen LogP contribution in [0.25, 0.3) is 5.69 Å². The molecule has 1 N–H and O–H groups in total. The second kappa shape index (κ2) is 10.2. The summed E-state index contributed by atoms with van der Waals surface area (Å²) in [7, 11) is 0. The average Bonchev–Trinajstić information content (AvgIpc) is 3.20. The quantitative estimate of drug-likeness (QED) is 0.688. The molecule has 0 radical (unpaired) electrons. The van der Waals surface area contributed by atoms with Crippen LogP contribution >= 0.6 is 11.6 Å². The molecule has 168 valence electrons. The minimum atomic E-state index is -0.476. The number of benzene rings is 1. The Labute approximate surface area is 188 Å². The third kappa shape index (κ3) is 6.70. The Morgan fingerprint density at radius 3 is 2.55 bits per heavy atom. The van der Waals surface area contributed by atoms with Crippen LogP contribution in [0.5, 0.6) is 0 Å². The molecule has 0 saturated carbocycles. The summed E-state index contributed by atoms with van der Waals surface area (Å²) < 4.78 is 7.02. The molecule has 2 aromatic rings. The molecular weight excluding hydrogens is 418 g/mol. The number of piperazine rings is 1. The molecule has 0 spiro atoms. The third-order valence-corrected chi connectivity index (χ3v) is 5.22. The van der Waals surface area contributed by atoms with Gasteiger partial charge in [-0.25, -0.2) is 9.48 Å². The van der Waals surface area contributed by atoms with Crippen molar-refractivity contribution in [1.29, 1.82) is 0 Å². The van der Waals surface area contributed by atoms with E-state index in [0.29, 0.717) is 30.2 Å². The molecule has 2 heterocycles. The van der Waals surface area contributed by atoms with Crippen LogP contribution in [0.3, 0.4) is 0 Å². The van der Waals surface area contributed by atoms with Gasteiger partial charge in [0.15, 0.2) is 0 Å². The highest BCUT2D eigenvalue weighted by Gasteiger charge is 2.25. The van der Waals surface area contributed by atoms with Gasteiger partial charge in [-0.2, -0.15) is 5.10 Å². The number of nitrogens with zero attached hydrogens (tertiary/aromatic N) is 4. The second-order valence-electron chi connectivity index (χ2n) is 8.54. The predicted octanol–water partition coefficient (Wildman–Crippen LogP) is 3.20. The van der Waals surface area contributed by atoms with Crippen molar-refractivity contribution in [2.75, 3.05) is 39.3 Å². The van der Waals surface area contributed by atoms with Gasteiger partial charge in [0.25, 0.3) is 5.91 Å². The molecule has 1 aromatic heterocycles. The number of halogens is 1. The summed E-state index contributed by atoms with van der Waals surface area (Å²) in [5.74, 6) is -0.159. The lowest BCUT2D eigenvalue weighted by Crippen LogP contribution is -2.50. The van der Waals surface area contributed by atoms with E-state index in [1.807, 2.05) is 39.0 Å². The number of ether oxygens (including phenoxy) is 1. The van der Waals surface area contributed by atoms with Gasteiger partial charge < -0.3 is 15.0 Å². The summed E-state index contributed by atoms with van der Waals surface area (Å²) in [5.41, 5.74) is 0.746. The van der Waals surface area contributed by atoms with Gasteiger partial charge in [-0.05, 0) is 45.9 Å². The van der Waals surface area contributed by atoms with Crippen LogP contribution in [-0.4, -0.2) is 76.5 Å². The first-order valence-corrected chi connectivity index (χ1v) is 10.9. The maximum atomic E-state index is 12.4. The molecule has 8 nitrogen and oxygen atoms in total. The zero-order valence-electron chi connectivity index (χ0n) is 18.3. The fourth-order valence-electron chi connectivity index (χ4n) is 3.30. The maximum absolute atomic E-state index is 12.4. The monoisotopic (exact) mass is 447 g/mol. The minimum Gasteiger partial charge on any atom is -0.444 e. The minimum absolute atomic E-state index is 0.159. The Morgan fingerprint density at radius 2 is 1.87 bits per heavy atom.